The maximum Gasteiger partial charge on any atom is 0.269 e. The molecule has 4 aromatic rings. The smallest absolute Gasteiger partial charge is 0.269 e. The first-order chi connectivity index (χ1) is 14.3. The maximum absolute atomic E-state index is 11.9. The molecule has 0 aliphatic carbocycles. The molecule has 0 aromatic carbocycles. The molecule has 4 aromatic heterocycles. The first kappa shape index (κ1) is 19.6. The third kappa shape index (κ3) is 2.99. The summed E-state index contributed by atoms with van der Waals surface area (Å²) in [5.74, 6) is -0.414. The molecule has 30 heavy (non-hydrogen) atoms. The monoisotopic (exact) mass is 411 g/mol. The second kappa shape index (κ2) is 7.26. The summed E-state index contributed by atoms with van der Waals surface area (Å²) in [6, 6.07) is 1.70. The quantitative estimate of drug-likeness (QED) is 0.431. The van der Waals surface area contributed by atoms with Crippen LogP contribution in [0.25, 0.3) is 28.3 Å². The average molecular weight is 411 g/mol. The molecule has 0 atom stereocenters. The zero-order valence-electron chi connectivity index (χ0n) is 16.7. The fraction of sp³-hybridized carbons (Fsp3) is 0.316. The number of hydrogen-bond acceptors (Lipinski definition) is 8. The Kier molecular flexibility index (Phi) is 4.74. The summed E-state index contributed by atoms with van der Waals surface area (Å²) in [5.41, 5.74) is 7.45. The van der Waals surface area contributed by atoms with Gasteiger partial charge in [0.1, 0.15) is 12.3 Å². The van der Waals surface area contributed by atoms with Gasteiger partial charge in [-0.3, -0.25) is 14.5 Å². The molecule has 4 N–H and O–H groups in total. The van der Waals surface area contributed by atoms with Gasteiger partial charge in [0.2, 0.25) is 0 Å². The number of pyridine rings is 1. The second-order valence-corrected chi connectivity index (χ2v) is 6.90. The number of fused-ring (bicyclic) bond motifs is 1. The summed E-state index contributed by atoms with van der Waals surface area (Å²) in [5, 5.41) is 29.4. The lowest BCUT2D eigenvalue weighted by atomic mass is 10.2. The molecule has 11 heteroatoms. The average Bonchev–Trinajstić information content (AvgIpc) is 3.36. The van der Waals surface area contributed by atoms with E-state index in [-0.39, 0.29) is 28.9 Å². The number of hydrogen-bond donors (Lipinski definition) is 3. The fourth-order valence-corrected chi connectivity index (χ4v) is 3.33. The Labute approximate surface area is 170 Å². The number of aromatic hydroxyl groups is 1. The van der Waals surface area contributed by atoms with E-state index >= 15 is 0 Å². The van der Waals surface area contributed by atoms with Crippen molar-refractivity contribution in [3.8, 4) is 23.2 Å². The molecule has 11 nitrogen and oxygen atoms in total. The molecule has 4 heterocycles. The zero-order chi connectivity index (χ0) is 21.6. The molecule has 0 fully saturated rings. The number of carbonyl (C=O) groups is 1. The molecule has 0 bridgehead atoms. The van der Waals surface area contributed by atoms with Gasteiger partial charge in [0.15, 0.2) is 28.7 Å². The van der Waals surface area contributed by atoms with E-state index in [4.69, 9.17) is 10.2 Å². The highest BCUT2D eigenvalue weighted by atomic mass is 16.4. The van der Waals surface area contributed by atoms with Gasteiger partial charge in [-0.1, -0.05) is 6.92 Å². The maximum atomic E-state index is 11.9. The first-order valence-corrected chi connectivity index (χ1v) is 9.38. The second-order valence-electron chi connectivity index (χ2n) is 6.90. The summed E-state index contributed by atoms with van der Waals surface area (Å²) in [6.07, 6.45) is 2.33. The Morgan fingerprint density at radius 1 is 1.30 bits per heavy atom. The van der Waals surface area contributed by atoms with E-state index in [0.717, 1.165) is 6.42 Å². The first-order valence-electron chi connectivity index (χ1n) is 9.38. The third-order valence-corrected chi connectivity index (χ3v) is 4.69. The summed E-state index contributed by atoms with van der Waals surface area (Å²) < 4.78 is 8.70. The molecule has 0 aliphatic rings. The zero-order valence-corrected chi connectivity index (χ0v) is 16.7. The number of rotatable bonds is 6. The standard InChI is InChI=1S/C19H21N7O4/c1-4-5-25-15(16(28)10(3)23-25)19-22-18(13(8-27)30-19)26-12-7-21-9(2)6-11(12)14(24-26)17(20)29/h6-7,27-28H,4-5,8H2,1-3H3,(H2,20,29). The number of aliphatic hydroxyl groups is 1. The minimum absolute atomic E-state index is 0.0543. The molecule has 0 spiro atoms. The summed E-state index contributed by atoms with van der Waals surface area (Å²) >= 11 is 0. The number of carbonyl (C=O) groups excluding carboxylic acids is 1. The van der Waals surface area contributed by atoms with Gasteiger partial charge in [-0.15, -0.1) is 0 Å². The van der Waals surface area contributed by atoms with Crippen molar-refractivity contribution >= 4 is 16.8 Å². The van der Waals surface area contributed by atoms with Crippen molar-refractivity contribution in [3.63, 3.8) is 0 Å². The van der Waals surface area contributed by atoms with Gasteiger partial charge in [0.05, 0.1) is 11.7 Å². The Balaban J connectivity index is 1.95. The topological polar surface area (TPSA) is 158 Å². The highest BCUT2D eigenvalue weighted by Crippen LogP contribution is 2.34. The van der Waals surface area contributed by atoms with Crippen molar-refractivity contribution in [3.05, 3.63) is 35.1 Å². The van der Waals surface area contributed by atoms with Crippen LogP contribution in [0.2, 0.25) is 0 Å². The van der Waals surface area contributed by atoms with Gasteiger partial charge in [-0.25, -0.2) is 4.68 Å². The van der Waals surface area contributed by atoms with Crippen LogP contribution in [0.3, 0.4) is 0 Å². The van der Waals surface area contributed by atoms with Crippen LogP contribution in [0.15, 0.2) is 16.7 Å². The lowest BCUT2D eigenvalue weighted by Crippen LogP contribution is -2.13. The van der Waals surface area contributed by atoms with E-state index in [1.165, 1.54) is 4.68 Å². The van der Waals surface area contributed by atoms with E-state index in [2.05, 4.69) is 20.2 Å². The molecule has 156 valence electrons. The van der Waals surface area contributed by atoms with Crippen molar-refractivity contribution < 1.29 is 19.4 Å². The van der Waals surface area contributed by atoms with E-state index in [0.29, 0.717) is 34.5 Å². The van der Waals surface area contributed by atoms with Crippen LogP contribution >= 0.6 is 0 Å². The largest absolute Gasteiger partial charge is 0.504 e. The van der Waals surface area contributed by atoms with Crippen molar-refractivity contribution in [2.24, 2.45) is 5.73 Å². The van der Waals surface area contributed by atoms with Crippen LogP contribution < -0.4 is 5.73 Å². The van der Waals surface area contributed by atoms with Crippen LogP contribution in [-0.2, 0) is 13.2 Å². The van der Waals surface area contributed by atoms with Crippen molar-refractivity contribution in [1.82, 2.24) is 29.5 Å². The van der Waals surface area contributed by atoms with Crippen molar-refractivity contribution in [2.45, 2.75) is 40.3 Å². The SMILES string of the molecule is CCCn1nc(C)c(O)c1-c1nc(-n2nc(C(N)=O)c3cc(C)ncc32)c(CO)o1. The number of aliphatic hydroxyl groups excluding tert-OH is 1. The van der Waals surface area contributed by atoms with Crippen LogP contribution in [0.1, 0.15) is 41.0 Å². The Morgan fingerprint density at radius 2 is 2.07 bits per heavy atom. The minimum Gasteiger partial charge on any atom is -0.504 e. The molecular formula is C19H21N7O4. The lowest BCUT2D eigenvalue weighted by molar-refractivity contribution is 0.0996. The molecule has 1 amide bonds. The Bertz CT molecular complexity index is 1270. The Hall–Kier alpha value is -3.73. The van der Waals surface area contributed by atoms with Crippen LogP contribution in [0.4, 0.5) is 0 Å². The molecule has 0 aliphatic heterocycles. The molecule has 0 saturated heterocycles. The van der Waals surface area contributed by atoms with Gasteiger partial charge in [0, 0.05) is 17.6 Å². The number of oxazole rings is 1. The van der Waals surface area contributed by atoms with E-state index < -0.39 is 12.5 Å². The van der Waals surface area contributed by atoms with Gasteiger partial charge < -0.3 is 20.4 Å². The molecule has 0 unspecified atom stereocenters. The lowest BCUT2D eigenvalue weighted by Gasteiger charge is -2.02. The highest BCUT2D eigenvalue weighted by Gasteiger charge is 2.26. The van der Waals surface area contributed by atoms with Crippen LogP contribution in [0.5, 0.6) is 5.75 Å². The van der Waals surface area contributed by atoms with Gasteiger partial charge in [-0.05, 0) is 26.3 Å². The van der Waals surface area contributed by atoms with Crippen molar-refractivity contribution in [1.29, 1.82) is 0 Å². The van der Waals surface area contributed by atoms with E-state index in [1.54, 1.807) is 30.8 Å². The number of nitrogens with two attached hydrogens (primary N) is 1. The fourth-order valence-electron chi connectivity index (χ4n) is 3.33. The Morgan fingerprint density at radius 3 is 2.73 bits per heavy atom. The molecule has 4 rings (SSSR count). The number of nitrogens with zero attached hydrogens (tertiary/aromatic N) is 6. The predicted molar refractivity (Wildman–Crippen MR) is 106 cm³/mol. The van der Waals surface area contributed by atoms with E-state index in [9.17, 15) is 15.0 Å². The molecule has 0 radical (unpaired) electrons. The van der Waals surface area contributed by atoms with Gasteiger partial charge in [0.25, 0.3) is 11.8 Å². The number of amides is 1. The van der Waals surface area contributed by atoms with E-state index in [1.807, 2.05) is 6.92 Å². The summed E-state index contributed by atoms with van der Waals surface area (Å²) in [4.78, 5) is 20.6. The van der Waals surface area contributed by atoms with Crippen LogP contribution in [0, 0.1) is 13.8 Å². The number of aryl methyl sites for hydroxylation is 3. The van der Waals surface area contributed by atoms with Crippen LogP contribution in [-0.4, -0.2) is 45.6 Å². The highest BCUT2D eigenvalue weighted by molar-refractivity contribution is 6.04. The summed E-state index contributed by atoms with van der Waals surface area (Å²) in [7, 11) is 0. The molecule has 0 saturated carbocycles. The summed E-state index contributed by atoms with van der Waals surface area (Å²) in [6.45, 7) is 5.51. The molecular weight excluding hydrogens is 390 g/mol. The predicted octanol–water partition coefficient (Wildman–Crippen LogP) is 1.60. The number of aromatic nitrogens is 6. The third-order valence-electron chi connectivity index (χ3n) is 4.69. The van der Waals surface area contributed by atoms with Crippen molar-refractivity contribution in [2.75, 3.05) is 0 Å². The normalized spacial score (nSPS) is 11.5. The van der Waals surface area contributed by atoms with Gasteiger partial charge in [-0.2, -0.15) is 15.2 Å². The van der Waals surface area contributed by atoms with Gasteiger partial charge >= 0.3 is 0 Å². The number of primary amides is 1. The minimum atomic E-state index is -0.701.